The smallest absolute Gasteiger partial charge is 0.229 e. The van der Waals surface area contributed by atoms with E-state index >= 15 is 0 Å². The first kappa shape index (κ1) is 19.8. The van der Waals surface area contributed by atoms with Crippen LogP contribution in [0.5, 0.6) is 0 Å². The predicted molar refractivity (Wildman–Crippen MR) is 97.1 cm³/mol. The fourth-order valence-electron chi connectivity index (χ4n) is 2.97. The lowest BCUT2D eigenvalue weighted by atomic mass is 9.86. The molecule has 0 saturated heterocycles. The summed E-state index contributed by atoms with van der Waals surface area (Å²) in [5.41, 5.74) is 6.58. The lowest BCUT2D eigenvalue weighted by molar-refractivity contribution is -0.120. The minimum Gasteiger partial charge on any atom is -0.328 e. The van der Waals surface area contributed by atoms with Gasteiger partial charge in [0.05, 0.1) is 0 Å². The summed E-state index contributed by atoms with van der Waals surface area (Å²) in [6.07, 6.45) is 5.59. The molecule has 0 bridgehead atoms. The standard InChI is InChI=1S/C17H19F2N3OS.ClH/c18-14-5-4-10(7-15(14)19)6-13-9-21-17(24-13)22-16(23)11-2-1-3-12(20)8-11;/h4-5,7,9,11-12H,1-3,6,8,20H2,(H,21,22,23);1H. The van der Waals surface area contributed by atoms with E-state index < -0.39 is 11.6 Å². The summed E-state index contributed by atoms with van der Waals surface area (Å²) in [6.45, 7) is 0. The third-order valence-electron chi connectivity index (χ3n) is 4.23. The molecule has 4 nitrogen and oxygen atoms in total. The van der Waals surface area contributed by atoms with Crippen molar-refractivity contribution in [2.45, 2.75) is 38.1 Å². The third-order valence-corrected chi connectivity index (χ3v) is 5.14. The summed E-state index contributed by atoms with van der Waals surface area (Å²) in [6, 6.07) is 3.92. The van der Waals surface area contributed by atoms with Gasteiger partial charge in [-0.2, -0.15) is 0 Å². The van der Waals surface area contributed by atoms with E-state index in [1.807, 2.05) is 0 Å². The van der Waals surface area contributed by atoms with Crippen LogP contribution < -0.4 is 11.1 Å². The zero-order valence-corrected chi connectivity index (χ0v) is 15.1. The number of rotatable bonds is 4. The Hall–Kier alpha value is -1.57. The molecule has 2 unspecified atom stereocenters. The molecule has 1 fully saturated rings. The third kappa shape index (κ3) is 5.20. The van der Waals surface area contributed by atoms with Crippen LogP contribution in [0.2, 0.25) is 0 Å². The van der Waals surface area contributed by atoms with Gasteiger partial charge >= 0.3 is 0 Å². The Morgan fingerprint density at radius 3 is 2.84 bits per heavy atom. The van der Waals surface area contributed by atoms with Crippen LogP contribution >= 0.6 is 23.7 Å². The molecular weight excluding hydrogens is 368 g/mol. The van der Waals surface area contributed by atoms with E-state index in [2.05, 4.69) is 10.3 Å². The number of aromatic nitrogens is 1. The van der Waals surface area contributed by atoms with Gasteiger partial charge in [0.2, 0.25) is 5.91 Å². The van der Waals surface area contributed by atoms with Crippen LogP contribution in [0.3, 0.4) is 0 Å². The fraction of sp³-hybridized carbons (Fsp3) is 0.412. The summed E-state index contributed by atoms with van der Waals surface area (Å²) in [5.74, 6) is -1.83. The summed E-state index contributed by atoms with van der Waals surface area (Å²) in [5, 5.41) is 3.36. The Bertz CT molecular complexity index is 740. The number of carbonyl (C=O) groups excluding carboxylic acids is 1. The van der Waals surface area contributed by atoms with Gasteiger partial charge in [0.25, 0.3) is 0 Å². The molecule has 2 aromatic rings. The van der Waals surface area contributed by atoms with Crippen molar-refractivity contribution in [1.29, 1.82) is 0 Å². The molecule has 1 aromatic heterocycles. The lowest BCUT2D eigenvalue weighted by Gasteiger charge is -2.25. The number of nitrogens with zero attached hydrogens (tertiary/aromatic N) is 1. The van der Waals surface area contributed by atoms with Crippen molar-refractivity contribution < 1.29 is 13.6 Å². The molecule has 25 heavy (non-hydrogen) atoms. The van der Waals surface area contributed by atoms with Crippen molar-refractivity contribution in [2.75, 3.05) is 5.32 Å². The average Bonchev–Trinajstić information content (AvgIpc) is 2.98. The lowest BCUT2D eigenvalue weighted by Crippen LogP contribution is -2.34. The SMILES string of the molecule is Cl.NC1CCCC(C(=O)Nc2ncc(Cc3ccc(F)c(F)c3)s2)C1. The molecule has 1 aliphatic carbocycles. The van der Waals surface area contributed by atoms with Crippen LogP contribution in [0.25, 0.3) is 0 Å². The highest BCUT2D eigenvalue weighted by atomic mass is 35.5. The molecule has 1 heterocycles. The molecule has 0 spiro atoms. The molecule has 1 aliphatic rings. The number of nitrogens with two attached hydrogens (primary N) is 1. The van der Waals surface area contributed by atoms with Gasteiger partial charge < -0.3 is 11.1 Å². The summed E-state index contributed by atoms with van der Waals surface area (Å²) >= 11 is 1.34. The first-order valence-electron chi connectivity index (χ1n) is 7.96. The fourth-order valence-corrected chi connectivity index (χ4v) is 3.82. The topological polar surface area (TPSA) is 68.0 Å². The van der Waals surface area contributed by atoms with Crippen molar-refractivity contribution in [3.8, 4) is 0 Å². The Balaban J connectivity index is 0.00000225. The molecule has 1 aromatic carbocycles. The van der Waals surface area contributed by atoms with Gasteiger partial charge in [-0.05, 0) is 37.0 Å². The minimum atomic E-state index is -0.862. The van der Waals surface area contributed by atoms with Gasteiger partial charge in [-0.3, -0.25) is 4.79 Å². The quantitative estimate of drug-likeness (QED) is 0.836. The Morgan fingerprint density at radius 1 is 1.32 bits per heavy atom. The number of amides is 1. The van der Waals surface area contributed by atoms with Crippen molar-refractivity contribution >= 4 is 34.8 Å². The minimum absolute atomic E-state index is 0. The first-order valence-corrected chi connectivity index (χ1v) is 8.78. The number of hydrogen-bond acceptors (Lipinski definition) is 4. The monoisotopic (exact) mass is 387 g/mol. The highest BCUT2D eigenvalue weighted by Gasteiger charge is 2.25. The molecule has 3 rings (SSSR count). The largest absolute Gasteiger partial charge is 0.328 e. The van der Waals surface area contributed by atoms with Crippen molar-refractivity contribution in [3.63, 3.8) is 0 Å². The Labute approximate surface area is 155 Å². The van der Waals surface area contributed by atoms with Gasteiger partial charge in [0.1, 0.15) is 0 Å². The molecule has 2 atom stereocenters. The van der Waals surface area contributed by atoms with Crippen LogP contribution in [-0.2, 0) is 11.2 Å². The van der Waals surface area contributed by atoms with Crippen LogP contribution in [0.15, 0.2) is 24.4 Å². The number of carbonyl (C=O) groups is 1. The van der Waals surface area contributed by atoms with E-state index in [0.29, 0.717) is 23.5 Å². The van der Waals surface area contributed by atoms with Gasteiger partial charge in [0, 0.05) is 29.5 Å². The molecular formula is C17H20ClF2N3OS. The normalized spacial score (nSPS) is 20.0. The number of hydrogen-bond donors (Lipinski definition) is 2. The second-order valence-corrected chi connectivity index (χ2v) is 7.29. The number of nitrogens with one attached hydrogen (secondary N) is 1. The second-order valence-electron chi connectivity index (χ2n) is 6.17. The van der Waals surface area contributed by atoms with E-state index in [9.17, 15) is 13.6 Å². The maximum absolute atomic E-state index is 13.2. The Kier molecular flexibility index (Phi) is 6.87. The summed E-state index contributed by atoms with van der Waals surface area (Å²) in [7, 11) is 0. The van der Waals surface area contributed by atoms with E-state index in [1.54, 1.807) is 12.3 Å². The van der Waals surface area contributed by atoms with E-state index in [4.69, 9.17) is 5.73 Å². The van der Waals surface area contributed by atoms with E-state index in [0.717, 1.165) is 30.2 Å². The zero-order valence-electron chi connectivity index (χ0n) is 13.5. The summed E-state index contributed by atoms with van der Waals surface area (Å²) in [4.78, 5) is 17.3. The first-order chi connectivity index (χ1) is 11.5. The number of halogens is 3. The maximum Gasteiger partial charge on any atom is 0.229 e. The average molecular weight is 388 g/mol. The van der Waals surface area contributed by atoms with Crippen molar-refractivity contribution in [2.24, 2.45) is 11.7 Å². The molecule has 136 valence electrons. The number of thiazole rings is 1. The van der Waals surface area contributed by atoms with Crippen LogP contribution in [0.1, 0.15) is 36.1 Å². The van der Waals surface area contributed by atoms with Gasteiger partial charge in [-0.25, -0.2) is 13.8 Å². The molecule has 1 saturated carbocycles. The highest BCUT2D eigenvalue weighted by molar-refractivity contribution is 7.15. The van der Waals surface area contributed by atoms with Gasteiger partial charge in [-0.1, -0.05) is 12.5 Å². The van der Waals surface area contributed by atoms with Crippen molar-refractivity contribution in [1.82, 2.24) is 4.98 Å². The predicted octanol–water partition coefficient (Wildman–Crippen LogP) is 3.89. The number of benzene rings is 1. The maximum atomic E-state index is 13.2. The van der Waals surface area contributed by atoms with Crippen molar-refractivity contribution in [3.05, 3.63) is 46.5 Å². The molecule has 1 amide bonds. The van der Waals surface area contributed by atoms with E-state index in [1.165, 1.54) is 17.4 Å². The molecule has 8 heteroatoms. The molecule has 0 radical (unpaired) electrons. The van der Waals surface area contributed by atoms with Crippen LogP contribution in [0.4, 0.5) is 13.9 Å². The second kappa shape index (κ2) is 8.69. The Morgan fingerprint density at radius 2 is 2.12 bits per heavy atom. The van der Waals surface area contributed by atoms with Crippen LogP contribution in [-0.4, -0.2) is 16.9 Å². The molecule has 3 N–H and O–H groups in total. The highest BCUT2D eigenvalue weighted by Crippen LogP contribution is 2.26. The van der Waals surface area contributed by atoms with Gasteiger partial charge in [0.15, 0.2) is 16.8 Å². The molecule has 0 aliphatic heterocycles. The van der Waals surface area contributed by atoms with Gasteiger partial charge in [-0.15, -0.1) is 23.7 Å². The number of anilines is 1. The zero-order chi connectivity index (χ0) is 17.1. The van der Waals surface area contributed by atoms with E-state index in [-0.39, 0.29) is 30.3 Å². The summed E-state index contributed by atoms with van der Waals surface area (Å²) < 4.78 is 26.2. The van der Waals surface area contributed by atoms with Crippen LogP contribution in [0, 0.1) is 17.6 Å².